The summed E-state index contributed by atoms with van der Waals surface area (Å²) in [7, 11) is 0. The number of carbonyl (C=O) groups is 2. The molecule has 0 saturated heterocycles. The number of amides is 1. The molecular formula is C16H21NO5. The molecule has 0 spiro atoms. The van der Waals surface area contributed by atoms with Crippen molar-refractivity contribution in [3.8, 4) is 11.5 Å². The summed E-state index contributed by atoms with van der Waals surface area (Å²) in [5, 5.41) is 11.7. The van der Waals surface area contributed by atoms with Gasteiger partial charge in [0.2, 0.25) is 0 Å². The van der Waals surface area contributed by atoms with Crippen LogP contribution in [0.25, 0.3) is 0 Å². The Morgan fingerprint density at radius 2 is 2.00 bits per heavy atom. The van der Waals surface area contributed by atoms with Crippen LogP contribution in [0, 0.1) is 0 Å². The molecule has 1 amide bonds. The summed E-state index contributed by atoms with van der Waals surface area (Å²) in [6.07, 6.45) is 2.83. The molecule has 1 aliphatic heterocycles. The minimum atomic E-state index is -1.02. The Morgan fingerprint density at radius 1 is 1.27 bits per heavy atom. The van der Waals surface area contributed by atoms with Crippen molar-refractivity contribution in [2.24, 2.45) is 0 Å². The molecule has 0 aromatic heterocycles. The SMILES string of the molecule is CCCCC(NC(=O)c1ccc2c(c1)OCCCO2)C(=O)O. The Balaban J connectivity index is 2.08. The zero-order chi connectivity index (χ0) is 15.9. The number of hydrogen-bond donors (Lipinski definition) is 2. The number of hydrogen-bond acceptors (Lipinski definition) is 4. The fourth-order valence-corrected chi connectivity index (χ4v) is 2.21. The fourth-order valence-electron chi connectivity index (χ4n) is 2.21. The quantitative estimate of drug-likeness (QED) is 0.842. The van der Waals surface area contributed by atoms with Crippen LogP contribution < -0.4 is 14.8 Å². The van der Waals surface area contributed by atoms with E-state index in [-0.39, 0.29) is 0 Å². The topological polar surface area (TPSA) is 84.9 Å². The lowest BCUT2D eigenvalue weighted by atomic mass is 10.1. The van der Waals surface area contributed by atoms with Gasteiger partial charge in [0, 0.05) is 12.0 Å². The molecule has 1 heterocycles. The highest BCUT2D eigenvalue weighted by Gasteiger charge is 2.21. The standard InChI is InChI=1S/C16H21NO5/c1-2-3-5-12(16(19)20)17-15(18)11-6-7-13-14(10-11)22-9-4-8-21-13/h6-7,10,12H,2-5,8-9H2,1H3,(H,17,18)(H,19,20). The highest BCUT2D eigenvalue weighted by Crippen LogP contribution is 2.30. The van der Waals surface area contributed by atoms with Crippen molar-refractivity contribution in [3.63, 3.8) is 0 Å². The number of fused-ring (bicyclic) bond motifs is 1. The van der Waals surface area contributed by atoms with Gasteiger partial charge in [0.25, 0.3) is 5.91 Å². The van der Waals surface area contributed by atoms with E-state index in [0.717, 1.165) is 19.3 Å². The molecule has 1 aromatic rings. The third kappa shape index (κ3) is 4.13. The maximum absolute atomic E-state index is 12.2. The molecule has 120 valence electrons. The van der Waals surface area contributed by atoms with Crippen LogP contribution in [0.1, 0.15) is 43.0 Å². The van der Waals surface area contributed by atoms with Gasteiger partial charge in [-0.2, -0.15) is 0 Å². The average molecular weight is 307 g/mol. The van der Waals surface area contributed by atoms with Crippen LogP contribution in [0.3, 0.4) is 0 Å². The molecule has 0 saturated carbocycles. The van der Waals surface area contributed by atoms with Crippen molar-refractivity contribution in [1.82, 2.24) is 5.32 Å². The molecule has 6 heteroatoms. The number of carboxylic acid groups (broad SMARTS) is 1. The molecule has 0 radical (unpaired) electrons. The maximum atomic E-state index is 12.2. The van der Waals surface area contributed by atoms with Crippen molar-refractivity contribution < 1.29 is 24.2 Å². The third-order valence-electron chi connectivity index (χ3n) is 3.46. The molecule has 6 nitrogen and oxygen atoms in total. The minimum Gasteiger partial charge on any atom is -0.490 e. The Morgan fingerprint density at radius 3 is 2.68 bits per heavy atom. The lowest BCUT2D eigenvalue weighted by Gasteiger charge is -2.15. The Labute approximate surface area is 129 Å². The summed E-state index contributed by atoms with van der Waals surface area (Å²) in [4.78, 5) is 23.4. The van der Waals surface area contributed by atoms with Gasteiger partial charge >= 0.3 is 5.97 Å². The average Bonchev–Trinajstić information content (AvgIpc) is 2.75. The number of benzene rings is 1. The van der Waals surface area contributed by atoms with Crippen molar-refractivity contribution in [2.45, 2.75) is 38.6 Å². The van der Waals surface area contributed by atoms with Crippen LogP contribution in [0.2, 0.25) is 0 Å². The Hall–Kier alpha value is -2.24. The number of carboxylic acids is 1. The molecule has 1 unspecified atom stereocenters. The summed E-state index contributed by atoms with van der Waals surface area (Å²) in [5.74, 6) is -0.310. The number of ether oxygens (including phenoxy) is 2. The van der Waals surface area contributed by atoms with Crippen molar-refractivity contribution in [3.05, 3.63) is 23.8 Å². The molecule has 1 atom stereocenters. The van der Waals surface area contributed by atoms with Crippen molar-refractivity contribution in [2.75, 3.05) is 13.2 Å². The normalized spacial score (nSPS) is 14.8. The van der Waals surface area contributed by atoms with Crippen LogP contribution in [-0.2, 0) is 4.79 Å². The second-order valence-electron chi connectivity index (χ2n) is 5.22. The number of unbranched alkanes of at least 4 members (excludes halogenated alkanes) is 1. The van der Waals surface area contributed by atoms with Crippen molar-refractivity contribution >= 4 is 11.9 Å². The second-order valence-corrected chi connectivity index (χ2v) is 5.22. The summed E-state index contributed by atoms with van der Waals surface area (Å²) in [5.41, 5.74) is 0.368. The van der Waals surface area contributed by atoms with Gasteiger partial charge in [0.1, 0.15) is 6.04 Å². The van der Waals surface area contributed by atoms with E-state index in [1.807, 2.05) is 6.92 Å². The van der Waals surface area contributed by atoms with E-state index in [1.54, 1.807) is 18.2 Å². The fraction of sp³-hybridized carbons (Fsp3) is 0.500. The van der Waals surface area contributed by atoms with E-state index in [2.05, 4.69) is 5.32 Å². The summed E-state index contributed by atoms with van der Waals surface area (Å²) >= 11 is 0. The number of nitrogens with one attached hydrogen (secondary N) is 1. The highest BCUT2D eigenvalue weighted by molar-refractivity contribution is 5.97. The van der Waals surface area contributed by atoms with E-state index < -0.39 is 17.9 Å². The van der Waals surface area contributed by atoms with Crippen LogP contribution in [-0.4, -0.2) is 36.2 Å². The second kappa shape index (κ2) is 7.68. The van der Waals surface area contributed by atoms with E-state index in [4.69, 9.17) is 14.6 Å². The van der Waals surface area contributed by atoms with E-state index in [0.29, 0.717) is 36.7 Å². The molecule has 2 rings (SSSR count). The van der Waals surface area contributed by atoms with Gasteiger partial charge in [-0.05, 0) is 24.6 Å². The first kappa shape index (κ1) is 16.1. The monoisotopic (exact) mass is 307 g/mol. The summed E-state index contributed by atoms with van der Waals surface area (Å²) in [6, 6.07) is 4.01. The zero-order valence-corrected chi connectivity index (χ0v) is 12.6. The number of rotatable bonds is 6. The molecule has 1 aromatic carbocycles. The zero-order valence-electron chi connectivity index (χ0n) is 12.6. The molecule has 2 N–H and O–H groups in total. The van der Waals surface area contributed by atoms with Crippen LogP contribution in [0.5, 0.6) is 11.5 Å². The smallest absolute Gasteiger partial charge is 0.326 e. The third-order valence-corrected chi connectivity index (χ3v) is 3.46. The lowest BCUT2D eigenvalue weighted by molar-refractivity contribution is -0.139. The van der Waals surface area contributed by atoms with E-state index in [9.17, 15) is 9.59 Å². The Bertz CT molecular complexity index is 543. The summed E-state index contributed by atoms with van der Waals surface area (Å²) in [6.45, 7) is 3.09. The molecule has 1 aliphatic rings. The van der Waals surface area contributed by atoms with Crippen LogP contribution >= 0.6 is 0 Å². The first-order chi connectivity index (χ1) is 10.6. The molecule has 0 bridgehead atoms. The van der Waals surface area contributed by atoms with Gasteiger partial charge < -0.3 is 19.9 Å². The predicted octanol–water partition coefficient (Wildman–Crippen LogP) is 2.22. The van der Waals surface area contributed by atoms with Gasteiger partial charge in [-0.15, -0.1) is 0 Å². The number of carbonyl (C=O) groups excluding carboxylic acids is 1. The van der Waals surface area contributed by atoms with Gasteiger partial charge in [-0.25, -0.2) is 4.79 Å². The van der Waals surface area contributed by atoms with E-state index in [1.165, 1.54) is 0 Å². The minimum absolute atomic E-state index is 0.368. The van der Waals surface area contributed by atoms with E-state index >= 15 is 0 Å². The maximum Gasteiger partial charge on any atom is 0.326 e. The first-order valence-electron chi connectivity index (χ1n) is 7.55. The number of aliphatic carboxylic acids is 1. The van der Waals surface area contributed by atoms with Gasteiger partial charge in [-0.1, -0.05) is 19.8 Å². The first-order valence-corrected chi connectivity index (χ1v) is 7.55. The summed E-state index contributed by atoms with van der Waals surface area (Å²) < 4.78 is 11.0. The van der Waals surface area contributed by atoms with Gasteiger partial charge in [-0.3, -0.25) is 4.79 Å². The highest BCUT2D eigenvalue weighted by atomic mass is 16.5. The molecule has 0 aliphatic carbocycles. The largest absolute Gasteiger partial charge is 0.490 e. The Kier molecular flexibility index (Phi) is 5.63. The van der Waals surface area contributed by atoms with Gasteiger partial charge in [0.05, 0.1) is 13.2 Å². The lowest BCUT2D eigenvalue weighted by Crippen LogP contribution is -2.40. The predicted molar refractivity (Wildman–Crippen MR) is 80.5 cm³/mol. The van der Waals surface area contributed by atoms with Crippen LogP contribution in [0.15, 0.2) is 18.2 Å². The molecular weight excluding hydrogens is 286 g/mol. The van der Waals surface area contributed by atoms with Crippen LogP contribution in [0.4, 0.5) is 0 Å². The molecule has 22 heavy (non-hydrogen) atoms. The van der Waals surface area contributed by atoms with Gasteiger partial charge in [0.15, 0.2) is 11.5 Å². The molecule has 0 fully saturated rings. The van der Waals surface area contributed by atoms with Crippen molar-refractivity contribution in [1.29, 1.82) is 0 Å².